The predicted octanol–water partition coefficient (Wildman–Crippen LogP) is 3.98. The zero-order chi connectivity index (χ0) is 11.4. The molecule has 2 rings (SSSR count). The van der Waals surface area contributed by atoms with Gasteiger partial charge < -0.3 is 4.74 Å². The molecular formula is C14H20OS. The standard InChI is InChI=1S/C14H20OS/c1-3-7-13-14(11(2)10-15-13)16-12-8-5-4-6-9-12/h4-6,8-9,11,13-14H,3,7,10H2,1-2H3/t11-,13-,14+/m0/s1. The molecule has 3 atom stereocenters. The maximum Gasteiger partial charge on any atom is 0.0700 e. The molecule has 1 saturated heterocycles. The molecule has 1 fully saturated rings. The fourth-order valence-corrected chi connectivity index (χ4v) is 3.52. The van der Waals surface area contributed by atoms with Crippen molar-refractivity contribution in [2.75, 3.05) is 6.61 Å². The first-order valence-corrected chi connectivity index (χ1v) is 7.02. The van der Waals surface area contributed by atoms with Crippen LogP contribution in [0.2, 0.25) is 0 Å². The van der Waals surface area contributed by atoms with Gasteiger partial charge in [-0.1, -0.05) is 38.5 Å². The SMILES string of the molecule is CCC[C@@H]1OC[C@H](C)[C@H]1Sc1ccccc1. The van der Waals surface area contributed by atoms with Crippen LogP contribution in [0.4, 0.5) is 0 Å². The highest BCUT2D eigenvalue weighted by molar-refractivity contribution is 8.00. The van der Waals surface area contributed by atoms with E-state index in [2.05, 4.69) is 44.2 Å². The Morgan fingerprint density at radius 2 is 2.06 bits per heavy atom. The monoisotopic (exact) mass is 236 g/mol. The maximum absolute atomic E-state index is 5.87. The van der Waals surface area contributed by atoms with E-state index in [9.17, 15) is 0 Å². The minimum atomic E-state index is 0.449. The Morgan fingerprint density at radius 3 is 2.75 bits per heavy atom. The first kappa shape index (κ1) is 12.0. The summed E-state index contributed by atoms with van der Waals surface area (Å²) in [6.07, 6.45) is 2.85. The molecule has 88 valence electrons. The number of hydrogen-bond donors (Lipinski definition) is 0. The smallest absolute Gasteiger partial charge is 0.0700 e. The van der Waals surface area contributed by atoms with Gasteiger partial charge in [0.1, 0.15) is 0 Å². The van der Waals surface area contributed by atoms with Crippen molar-refractivity contribution in [2.24, 2.45) is 5.92 Å². The van der Waals surface area contributed by atoms with E-state index in [1.54, 1.807) is 0 Å². The average Bonchev–Trinajstić information content (AvgIpc) is 2.64. The molecule has 1 aromatic rings. The summed E-state index contributed by atoms with van der Waals surface area (Å²) in [4.78, 5) is 1.37. The Bertz CT molecular complexity index is 310. The van der Waals surface area contributed by atoms with E-state index >= 15 is 0 Å². The molecule has 1 heterocycles. The molecule has 0 aromatic heterocycles. The van der Waals surface area contributed by atoms with Gasteiger partial charge in [-0.05, 0) is 24.5 Å². The topological polar surface area (TPSA) is 9.23 Å². The van der Waals surface area contributed by atoms with Crippen molar-refractivity contribution < 1.29 is 4.74 Å². The second kappa shape index (κ2) is 5.74. The highest BCUT2D eigenvalue weighted by Crippen LogP contribution is 2.37. The van der Waals surface area contributed by atoms with Crippen LogP contribution in [0.15, 0.2) is 35.2 Å². The Balaban J connectivity index is 2.01. The summed E-state index contributed by atoms with van der Waals surface area (Å²) in [5.74, 6) is 0.668. The van der Waals surface area contributed by atoms with Crippen LogP contribution >= 0.6 is 11.8 Å². The van der Waals surface area contributed by atoms with Crippen molar-refractivity contribution >= 4 is 11.8 Å². The van der Waals surface area contributed by atoms with Crippen molar-refractivity contribution in [3.8, 4) is 0 Å². The largest absolute Gasteiger partial charge is 0.377 e. The van der Waals surface area contributed by atoms with E-state index in [0.717, 1.165) is 6.61 Å². The van der Waals surface area contributed by atoms with Gasteiger partial charge in [0.05, 0.1) is 12.7 Å². The fourth-order valence-electron chi connectivity index (χ4n) is 2.21. The maximum atomic E-state index is 5.87. The highest BCUT2D eigenvalue weighted by Gasteiger charge is 2.34. The molecule has 0 amide bonds. The summed E-state index contributed by atoms with van der Waals surface area (Å²) in [6.45, 7) is 5.46. The van der Waals surface area contributed by atoms with Crippen LogP contribution < -0.4 is 0 Å². The molecule has 0 radical (unpaired) electrons. The Labute approximate surface area is 103 Å². The Kier molecular flexibility index (Phi) is 4.30. The average molecular weight is 236 g/mol. The molecular weight excluding hydrogens is 216 g/mol. The summed E-state index contributed by atoms with van der Waals surface area (Å²) in [6, 6.07) is 10.7. The van der Waals surface area contributed by atoms with Gasteiger partial charge in [0.15, 0.2) is 0 Å². The van der Waals surface area contributed by atoms with Crippen molar-refractivity contribution in [3.05, 3.63) is 30.3 Å². The third-order valence-corrected chi connectivity index (χ3v) is 4.67. The lowest BCUT2D eigenvalue weighted by atomic mass is 10.0. The van der Waals surface area contributed by atoms with Gasteiger partial charge in [0.2, 0.25) is 0 Å². The lowest BCUT2D eigenvalue weighted by molar-refractivity contribution is 0.102. The third-order valence-electron chi connectivity index (χ3n) is 3.09. The minimum Gasteiger partial charge on any atom is -0.377 e. The number of thioether (sulfide) groups is 1. The molecule has 0 bridgehead atoms. The molecule has 0 unspecified atom stereocenters. The summed E-state index contributed by atoms with van der Waals surface area (Å²) in [5.41, 5.74) is 0. The van der Waals surface area contributed by atoms with Crippen LogP contribution in [-0.4, -0.2) is 18.0 Å². The van der Waals surface area contributed by atoms with Gasteiger partial charge in [-0.25, -0.2) is 0 Å². The van der Waals surface area contributed by atoms with Gasteiger partial charge in [-0.3, -0.25) is 0 Å². The highest BCUT2D eigenvalue weighted by atomic mass is 32.2. The first-order chi connectivity index (χ1) is 7.81. The first-order valence-electron chi connectivity index (χ1n) is 6.14. The molecule has 0 aliphatic carbocycles. The quantitative estimate of drug-likeness (QED) is 0.782. The second-order valence-electron chi connectivity index (χ2n) is 4.53. The van der Waals surface area contributed by atoms with E-state index in [1.165, 1.54) is 17.7 Å². The van der Waals surface area contributed by atoms with Gasteiger partial charge in [-0.2, -0.15) is 0 Å². The predicted molar refractivity (Wildman–Crippen MR) is 69.9 cm³/mol. The minimum absolute atomic E-state index is 0.449. The van der Waals surface area contributed by atoms with Crippen molar-refractivity contribution in [1.29, 1.82) is 0 Å². The van der Waals surface area contributed by atoms with E-state index in [0.29, 0.717) is 17.3 Å². The number of rotatable bonds is 4. The summed E-state index contributed by atoms with van der Waals surface area (Å²) >= 11 is 1.98. The van der Waals surface area contributed by atoms with Gasteiger partial charge >= 0.3 is 0 Å². The van der Waals surface area contributed by atoms with Crippen LogP contribution in [0.25, 0.3) is 0 Å². The number of benzene rings is 1. The van der Waals surface area contributed by atoms with E-state index < -0.39 is 0 Å². The lowest BCUT2D eigenvalue weighted by Crippen LogP contribution is -2.21. The van der Waals surface area contributed by atoms with Gasteiger partial charge in [0.25, 0.3) is 0 Å². The Hall–Kier alpha value is -0.470. The molecule has 1 aliphatic heterocycles. The normalized spacial score (nSPS) is 29.5. The molecule has 2 heteroatoms. The van der Waals surface area contributed by atoms with E-state index in [4.69, 9.17) is 4.74 Å². The van der Waals surface area contributed by atoms with Crippen LogP contribution in [0, 0.1) is 5.92 Å². The molecule has 16 heavy (non-hydrogen) atoms. The molecule has 0 N–H and O–H groups in total. The van der Waals surface area contributed by atoms with Gasteiger partial charge in [0, 0.05) is 10.1 Å². The number of hydrogen-bond acceptors (Lipinski definition) is 2. The van der Waals surface area contributed by atoms with E-state index in [-0.39, 0.29) is 0 Å². The summed E-state index contributed by atoms with van der Waals surface area (Å²) < 4.78 is 5.87. The number of ether oxygens (including phenoxy) is 1. The zero-order valence-electron chi connectivity index (χ0n) is 10.1. The van der Waals surface area contributed by atoms with Crippen molar-refractivity contribution in [1.82, 2.24) is 0 Å². The fraction of sp³-hybridized carbons (Fsp3) is 0.571. The molecule has 0 spiro atoms. The van der Waals surface area contributed by atoms with Gasteiger partial charge in [-0.15, -0.1) is 11.8 Å². The second-order valence-corrected chi connectivity index (χ2v) is 5.78. The Morgan fingerprint density at radius 1 is 1.31 bits per heavy atom. The zero-order valence-corrected chi connectivity index (χ0v) is 10.9. The summed E-state index contributed by atoms with van der Waals surface area (Å²) in [7, 11) is 0. The van der Waals surface area contributed by atoms with Crippen molar-refractivity contribution in [3.63, 3.8) is 0 Å². The molecule has 0 saturated carbocycles. The van der Waals surface area contributed by atoms with Crippen LogP contribution in [-0.2, 0) is 4.74 Å². The van der Waals surface area contributed by atoms with Crippen LogP contribution in [0.3, 0.4) is 0 Å². The van der Waals surface area contributed by atoms with Crippen LogP contribution in [0.1, 0.15) is 26.7 Å². The molecule has 1 nitrogen and oxygen atoms in total. The van der Waals surface area contributed by atoms with Crippen LogP contribution in [0.5, 0.6) is 0 Å². The van der Waals surface area contributed by atoms with Crippen molar-refractivity contribution in [2.45, 2.75) is 42.9 Å². The van der Waals surface area contributed by atoms with E-state index in [1.807, 2.05) is 11.8 Å². The molecule has 1 aliphatic rings. The lowest BCUT2D eigenvalue weighted by Gasteiger charge is -2.20. The molecule has 1 aromatic carbocycles. The summed E-state index contributed by atoms with van der Waals surface area (Å²) in [5, 5.41) is 0.627. The third kappa shape index (κ3) is 2.80.